The molecule has 2 nitrogen and oxygen atoms in total. The summed E-state index contributed by atoms with van der Waals surface area (Å²) in [6, 6.07) is 10.7. The average Bonchev–Trinajstić information content (AvgIpc) is 2.34. The third-order valence-electron chi connectivity index (χ3n) is 2.52. The van der Waals surface area contributed by atoms with Gasteiger partial charge in [-0.25, -0.2) is 0 Å². The minimum atomic E-state index is 0.585. The lowest BCUT2D eigenvalue weighted by atomic mass is 10.2. The molecule has 0 saturated carbocycles. The maximum absolute atomic E-state index is 5.90. The van der Waals surface area contributed by atoms with E-state index in [4.69, 9.17) is 33.0 Å². The van der Waals surface area contributed by atoms with Gasteiger partial charge in [0.1, 0.15) is 0 Å². The van der Waals surface area contributed by atoms with E-state index in [-0.39, 0.29) is 0 Å². The molecule has 0 aliphatic carbocycles. The van der Waals surface area contributed by atoms with E-state index in [1.807, 2.05) is 26.0 Å². The summed E-state index contributed by atoms with van der Waals surface area (Å²) < 4.78 is 0. The largest absolute Gasteiger partial charge is 0.290 e. The van der Waals surface area contributed by atoms with Crippen LogP contribution in [0.2, 0.25) is 10.0 Å². The van der Waals surface area contributed by atoms with Crippen LogP contribution >= 0.6 is 23.2 Å². The second kappa shape index (κ2) is 5.51. The van der Waals surface area contributed by atoms with Gasteiger partial charge in [-0.3, -0.25) is 9.78 Å². The Morgan fingerprint density at radius 3 is 1.50 bits per heavy atom. The van der Waals surface area contributed by atoms with Crippen molar-refractivity contribution in [2.24, 2.45) is 0 Å². The predicted molar refractivity (Wildman–Crippen MR) is 73.6 cm³/mol. The Hall–Kier alpha value is -1.38. The molecule has 2 aromatic rings. The van der Waals surface area contributed by atoms with Crippen molar-refractivity contribution in [1.82, 2.24) is 0 Å². The van der Waals surface area contributed by atoms with Gasteiger partial charge in [-0.2, -0.15) is 0 Å². The molecule has 0 heterocycles. The number of aryl methyl sites for hydroxylation is 2. The molecule has 94 valence electrons. The van der Waals surface area contributed by atoms with Gasteiger partial charge >= 0.3 is 0 Å². The summed E-state index contributed by atoms with van der Waals surface area (Å²) in [6.07, 6.45) is 0. The molecule has 0 amide bonds. The van der Waals surface area contributed by atoms with Gasteiger partial charge in [-0.05, 0) is 37.1 Å². The fraction of sp³-hybridized carbons (Fsp3) is 0.143. The molecule has 0 spiro atoms. The fourth-order valence-corrected chi connectivity index (χ4v) is 1.74. The number of rotatable bonds is 3. The molecule has 4 heteroatoms. The van der Waals surface area contributed by atoms with Crippen molar-refractivity contribution >= 4 is 23.2 Å². The Morgan fingerprint density at radius 1 is 0.722 bits per heavy atom. The van der Waals surface area contributed by atoms with Crippen LogP contribution in [0.4, 0.5) is 0 Å². The number of halogens is 2. The van der Waals surface area contributed by atoms with Gasteiger partial charge in [-0.15, -0.1) is 0 Å². The molecule has 2 rings (SSSR count). The normalized spacial score (nSPS) is 10.2. The Morgan fingerprint density at radius 2 is 1.11 bits per heavy atom. The zero-order valence-electron chi connectivity index (χ0n) is 10.0. The third kappa shape index (κ3) is 3.09. The van der Waals surface area contributed by atoms with Crippen molar-refractivity contribution < 1.29 is 9.78 Å². The molecule has 0 unspecified atom stereocenters. The topological polar surface area (TPSA) is 18.5 Å². The maximum atomic E-state index is 5.90. The van der Waals surface area contributed by atoms with Crippen molar-refractivity contribution in [3.63, 3.8) is 0 Å². The zero-order chi connectivity index (χ0) is 13.1. The van der Waals surface area contributed by atoms with Crippen molar-refractivity contribution in [2.75, 3.05) is 0 Å². The number of hydrogen-bond acceptors (Lipinski definition) is 2. The Balaban J connectivity index is 2.16. The lowest BCUT2D eigenvalue weighted by Crippen LogP contribution is -2.03. The van der Waals surface area contributed by atoms with Gasteiger partial charge in [-0.1, -0.05) is 35.3 Å². The molecule has 0 saturated heterocycles. The summed E-state index contributed by atoms with van der Waals surface area (Å²) in [5.74, 6) is 1.17. The van der Waals surface area contributed by atoms with E-state index in [2.05, 4.69) is 0 Å². The van der Waals surface area contributed by atoms with Crippen molar-refractivity contribution in [1.29, 1.82) is 0 Å². The van der Waals surface area contributed by atoms with Crippen LogP contribution in [0.25, 0.3) is 0 Å². The van der Waals surface area contributed by atoms with E-state index in [0.29, 0.717) is 21.5 Å². The molecule has 2 aromatic carbocycles. The predicted octanol–water partition coefficient (Wildman–Crippen LogP) is 4.98. The van der Waals surface area contributed by atoms with Crippen LogP contribution in [-0.4, -0.2) is 0 Å². The van der Waals surface area contributed by atoms with Crippen LogP contribution in [0, 0.1) is 13.8 Å². The van der Waals surface area contributed by atoms with E-state index in [9.17, 15) is 0 Å². The van der Waals surface area contributed by atoms with Gasteiger partial charge in [0.2, 0.25) is 0 Å². The van der Waals surface area contributed by atoms with E-state index >= 15 is 0 Å². The monoisotopic (exact) mass is 282 g/mol. The summed E-state index contributed by atoms with van der Waals surface area (Å²) >= 11 is 11.8. The second-order valence-corrected chi connectivity index (χ2v) is 4.86. The first kappa shape index (κ1) is 13.1. The van der Waals surface area contributed by atoms with Crippen LogP contribution in [0.5, 0.6) is 11.5 Å². The van der Waals surface area contributed by atoms with Gasteiger partial charge in [0.25, 0.3) is 0 Å². The lowest BCUT2D eigenvalue weighted by molar-refractivity contribution is -0.101. The molecular weight excluding hydrogens is 271 g/mol. The van der Waals surface area contributed by atoms with Crippen LogP contribution < -0.4 is 9.78 Å². The Bertz CT molecular complexity index is 516. The third-order valence-corrected chi connectivity index (χ3v) is 2.99. The Labute approximate surface area is 116 Å². The quantitative estimate of drug-likeness (QED) is 0.584. The highest BCUT2D eigenvalue weighted by Crippen LogP contribution is 2.26. The molecule has 18 heavy (non-hydrogen) atoms. The minimum absolute atomic E-state index is 0.585. The number of hydrogen-bond donors (Lipinski definition) is 0. The van der Waals surface area contributed by atoms with Crippen molar-refractivity contribution in [2.45, 2.75) is 13.8 Å². The fourth-order valence-electron chi connectivity index (χ4n) is 1.42. The minimum Gasteiger partial charge on any atom is -0.290 e. The van der Waals surface area contributed by atoms with E-state index in [0.717, 1.165) is 11.1 Å². The Kier molecular flexibility index (Phi) is 4.00. The number of benzene rings is 2. The smallest absolute Gasteiger partial charge is 0.183 e. The van der Waals surface area contributed by atoms with Crippen molar-refractivity contribution in [3.05, 3.63) is 57.6 Å². The molecule has 0 atom stereocenters. The molecule has 0 bridgehead atoms. The highest BCUT2D eigenvalue weighted by molar-refractivity contribution is 6.31. The first-order valence-corrected chi connectivity index (χ1v) is 6.18. The summed E-state index contributed by atoms with van der Waals surface area (Å²) in [5, 5.41) is 1.20. The van der Waals surface area contributed by atoms with Crippen LogP contribution in [-0.2, 0) is 0 Å². The summed E-state index contributed by atoms with van der Waals surface area (Å²) in [5.41, 5.74) is 1.89. The molecule has 0 fully saturated rings. The molecular formula is C14H12Cl2O2. The van der Waals surface area contributed by atoms with Crippen LogP contribution in [0.3, 0.4) is 0 Å². The maximum Gasteiger partial charge on any atom is 0.183 e. The standard InChI is InChI=1S/C14H12Cl2O2/c1-9-3-5-11(15)7-13(9)17-18-14-8-12(16)6-4-10(14)2/h3-8H,1-2H3. The molecule has 0 aliphatic heterocycles. The molecule has 0 N–H and O–H groups in total. The first-order chi connectivity index (χ1) is 8.56. The first-order valence-electron chi connectivity index (χ1n) is 5.43. The zero-order valence-corrected chi connectivity index (χ0v) is 11.5. The van der Waals surface area contributed by atoms with Gasteiger partial charge in [0.05, 0.1) is 0 Å². The van der Waals surface area contributed by atoms with Crippen molar-refractivity contribution in [3.8, 4) is 11.5 Å². The van der Waals surface area contributed by atoms with Crippen LogP contribution in [0.1, 0.15) is 11.1 Å². The summed E-state index contributed by atoms with van der Waals surface area (Å²) in [7, 11) is 0. The lowest BCUT2D eigenvalue weighted by Gasteiger charge is -2.10. The molecule has 0 aliphatic rings. The SMILES string of the molecule is Cc1ccc(Cl)cc1OOc1cc(Cl)ccc1C. The van der Waals surface area contributed by atoms with Gasteiger partial charge in [0, 0.05) is 22.2 Å². The average molecular weight is 283 g/mol. The molecule has 0 radical (unpaired) electrons. The highest BCUT2D eigenvalue weighted by atomic mass is 35.5. The summed E-state index contributed by atoms with van der Waals surface area (Å²) in [4.78, 5) is 10.6. The highest BCUT2D eigenvalue weighted by Gasteiger charge is 2.06. The summed E-state index contributed by atoms with van der Waals surface area (Å²) in [6.45, 7) is 3.83. The van der Waals surface area contributed by atoms with E-state index in [1.54, 1.807) is 24.3 Å². The van der Waals surface area contributed by atoms with Gasteiger partial charge < -0.3 is 0 Å². The second-order valence-electron chi connectivity index (χ2n) is 3.99. The van der Waals surface area contributed by atoms with E-state index in [1.165, 1.54) is 0 Å². The van der Waals surface area contributed by atoms with Crippen LogP contribution in [0.15, 0.2) is 36.4 Å². The van der Waals surface area contributed by atoms with E-state index < -0.39 is 0 Å². The molecule has 0 aromatic heterocycles. The van der Waals surface area contributed by atoms with Gasteiger partial charge in [0.15, 0.2) is 11.5 Å².